The lowest BCUT2D eigenvalue weighted by Crippen LogP contribution is -2.14. The minimum absolute atomic E-state index is 0.319. The number of rotatable bonds is 10. The van der Waals surface area contributed by atoms with Crippen LogP contribution < -0.4 is 15.4 Å². The van der Waals surface area contributed by atoms with E-state index < -0.39 is 0 Å². The van der Waals surface area contributed by atoms with Gasteiger partial charge < -0.3 is 20.5 Å². The van der Waals surface area contributed by atoms with Crippen LogP contribution in [0, 0.1) is 0 Å². The van der Waals surface area contributed by atoms with Gasteiger partial charge in [0.05, 0.1) is 12.7 Å². The van der Waals surface area contributed by atoms with Gasteiger partial charge in [0, 0.05) is 13.1 Å². The Hall–Kier alpha value is -1.63. The second-order valence-electron chi connectivity index (χ2n) is 4.60. The molecule has 0 bridgehead atoms. The highest BCUT2D eigenvalue weighted by atomic mass is 16.5. The van der Waals surface area contributed by atoms with E-state index in [0.29, 0.717) is 37.5 Å². The third-order valence-electron chi connectivity index (χ3n) is 2.43. The molecule has 0 saturated heterocycles. The molecule has 0 aliphatic carbocycles. The molecule has 0 aliphatic rings. The molecule has 1 atom stereocenters. The molecule has 1 rings (SSSR count). The van der Waals surface area contributed by atoms with Crippen LogP contribution in [0.4, 0.5) is 11.9 Å². The summed E-state index contributed by atoms with van der Waals surface area (Å²) in [6, 6.07) is 0.319. The quantitative estimate of drug-likeness (QED) is 0.601. The van der Waals surface area contributed by atoms with Gasteiger partial charge in [-0.2, -0.15) is 15.0 Å². The van der Waals surface area contributed by atoms with Crippen LogP contribution in [0.3, 0.4) is 0 Å². The van der Waals surface area contributed by atoms with Crippen molar-refractivity contribution in [3.05, 3.63) is 0 Å². The molecule has 20 heavy (non-hydrogen) atoms. The minimum Gasteiger partial charge on any atom is -0.463 e. The predicted octanol–water partition coefficient (Wildman–Crippen LogP) is 1.67. The van der Waals surface area contributed by atoms with Gasteiger partial charge in [0.25, 0.3) is 0 Å². The van der Waals surface area contributed by atoms with Gasteiger partial charge in [-0.15, -0.1) is 0 Å². The predicted molar refractivity (Wildman–Crippen MR) is 79.2 cm³/mol. The van der Waals surface area contributed by atoms with E-state index in [-0.39, 0.29) is 6.10 Å². The molecule has 1 aromatic heterocycles. The average Bonchev–Trinajstić information content (AvgIpc) is 2.42. The van der Waals surface area contributed by atoms with Gasteiger partial charge in [0.15, 0.2) is 0 Å². The average molecular weight is 283 g/mol. The van der Waals surface area contributed by atoms with E-state index in [1.807, 2.05) is 6.92 Å². The lowest BCUT2D eigenvalue weighted by molar-refractivity contribution is 0.188. The van der Waals surface area contributed by atoms with Gasteiger partial charge in [0.1, 0.15) is 0 Å². The Morgan fingerprint density at radius 2 is 1.70 bits per heavy atom. The van der Waals surface area contributed by atoms with Crippen LogP contribution in [0.5, 0.6) is 6.01 Å². The summed E-state index contributed by atoms with van der Waals surface area (Å²) in [5, 5.41) is 15.4. The molecule has 0 aliphatic heterocycles. The number of aliphatic hydroxyl groups is 1. The molecule has 0 radical (unpaired) electrons. The third kappa shape index (κ3) is 6.51. The molecule has 0 spiro atoms. The molecule has 7 nitrogen and oxygen atoms in total. The van der Waals surface area contributed by atoms with Crippen LogP contribution in [0.15, 0.2) is 0 Å². The first-order valence-corrected chi connectivity index (χ1v) is 7.20. The lowest BCUT2D eigenvalue weighted by Gasteiger charge is -2.10. The normalized spacial score (nSPS) is 12.0. The summed E-state index contributed by atoms with van der Waals surface area (Å²) >= 11 is 0. The first-order valence-electron chi connectivity index (χ1n) is 7.20. The molecule has 3 N–H and O–H groups in total. The molecule has 0 aromatic carbocycles. The standard InChI is InChI=1S/C13H25N5O2/c1-4-7-14-11-16-12(15-8-6-10(3)19)18-13(17-11)20-9-5-2/h10,19H,4-9H2,1-3H3,(H2,14,15,16,17,18). The van der Waals surface area contributed by atoms with Gasteiger partial charge in [-0.3, -0.25) is 0 Å². The summed E-state index contributed by atoms with van der Waals surface area (Å²) in [6.45, 7) is 7.82. The lowest BCUT2D eigenvalue weighted by atomic mass is 10.3. The van der Waals surface area contributed by atoms with Crippen LogP contribution in [-0.2, 0) is 0 Å². The monoisotopic (exact) mass is 283 g/mol. The van der Waals surface area contributed by atoms with E-state index in [0.717, 1.165) is 19.4 Å². The second kappa shape index (κ2) is 9.30. The van der Waals surface area contributed by atoms with Gasteiger partial charge in [-0.25, -0.2) is 0 Å². The number of hydrogen-bond acceptors (Lipinski definition) is 7. The molecular weight excluding hydrogens is 258 g/mol. The Labute approximate surface area is 120 Å². The molecule has 114 valence electrons. The Bertz CT molecular complexity index is 361. The molecule has 1 unspecified atom stereocenters. The van der Waals surface area contributed by atoms with E-state index in [9.17, 15) is 5.11 Å². The summed E-state index contributed by atoms with van der Waals surface area (Å²) < 4.78 is 5.45. The fourth-order valence-electron chi connectivity index (χ4n) is 1.40. The molecule has 1 aromatic rings. The van der Waals surface area contributed by atoms with Gasteiger partial charge >= 0.3 is 6.01 Å². The topological polar surface area (TPSA) is 92.2 Å². The first kappa shape index (κ1) is 16.4. The van der Waals surface area contributed by atoms with Crippen molar-refractivity contribution in [1.29, 1.82) is 0 Å². The summed E-state index contributed by atoms with van der Waals surface area (Å²) in [6.07, 6.45) is 2.17. The minimum atomic E-state index is -0.349. The maximum atomic E-state index is 9.24. The molecular formula is C13H25N5O2. The summed E-state index contributed by atoms with van der Waals surface area (Å²) in [4.78, 5) is 12.7. The first-order chi connectivity index (χ1) is 9.65. The van der Waals surface area contributed by atoms with Crippen molar-refractivity contribution in [3.63, 3.8) is 0 Å². The maximum absolute atomic E-state index is 9.24. The number of anilines is 2. The van der Waals surface area contributed by atoms with Gasteiger partial charge in [-0.05, 0) is 26.2 Å². The van der Waals surface area contributed by atoms with Crippen molar-refractivity contribution in [2.75, 3.05) is 30.3 Å². The van der Waals surface area contributed by atoms with Gasteiger partial charge in [0.2, 0.25) is 11.9 Å². The van der Waals surface area contributed by atoms with Crippen molar-refractivity contribution >= 4 is 11.9 Å². The van der Waals surface area contributed by atoms with Crippen molar-refractivity contribution in [3.8, 4) is 6.01 Å². The molecule has 7 heteroatoms. The van der Waals surface area contributed by atoms with Crippen molar-refractivity contribution < 1.29 is 9.84 Å². The van der Waals surface area contributed by atoms with Crippen LogP contribution in [0.25, 0.3) is 0 Å². The fraction of sp³-hybridized carbons (Fsp3) is 0.769. The van der Waals surface area contributed by atoms with Crippen molar-refractivity contribution in [1.82, 2.24) is 15.0 Å². The fourth-order valence-corrected chi connectivity index (χ4v) is 1.40. The highest BCUT2D eigenvalue weighted by molar-refractivity contribution is 5.35. The second-order valence-corrected chi connectivity index (χ2v) is 4.60. The van der Waals surface area contributed by atoms with E-state index in [1.165, 1.54) is 0 Å². The number of hydrogen-bond donors (Lipinski definition) is 3. The van der Waals surface area contributed by atoms with Crippen LogP contribution in [0.1, 0.15) is 40.0 Å². The Morgan fingerprint density at radius 1 is 1.05 bits per heavy atom. The highest BCUT2D eigenvalue weighted by Gasteiger charge is 2.07. The zero-order valence-corrected chi connectivity index (χ0v) is 12.5. The SMILES string of the molecule is CCCNc1nc(NCCC(C)O)nc(OCCC)n1. The zero-order valence-electron chi connectivity index (χ0n) is 12.5. The number of ether oxygens (including phenoxy) is 1. The number of nitrogens with zero attached hydrogens (tertiary/aromatic N) is 3. The summed E-state index contributed by atoms with van der Waals surface area (Å²) in [5.41, 5.74) is 0. The van der Waals surface area contributed by atoms with Crippen molar-refractivity contribution in [2.24, 2.45) is 0 Å². The zero-order chi connectivity index (χ0) is 14.8. The van der Waals surface area contributed by atoms with Crippen molar-refractivity contribution in [2.45, 2.75) is 46.1 Å². The van der Waals surface area contributed by atoms with Crippen LogP contribution in [0.2, 0.25) is 0 Å². The Morgan fingerprint density at radius 3 is 2.25 bits per heavy atom. The summed E-state index contributed by atoms with van der Waals surface area (Å²) in [5.74, 6) is 0.970. The molecule has 0 saturated carbocycles. The molecule has 1 heterocycles. The maximum Gasteiger partial charge on any atom is 0.323 e. The largest absolute Gasteiger partial charge is 0.463 e. The third-order valence-corrected chi connectivity index (χ3v) is 2.43. The van der Waals surface area contributed by atoms with E-state index in [1.54, 1.807) is 6.92 Å². The van der Waals surface area contributed by atoms with E-state index in [2.05, 4.69) is 32.5 Å². The smallest absolute Gasteiger partial charge is 0.323 e. The number of aliphatic hydroxyl groups excluding tert-OH is 1. The number of nitrogens with one attached hydrogen (secondary N) is 2. The summed E-state index contributed by atoms with van der Waals surface area (Å²) in [7, 11) is 0. The van der Waals surface area contributed by atoms with E-state index >= 15 is 0 Å². The van der Waals surface area contributed by atoms with Crippen LogP contribution in [-0.4, -0.2) is 45.9 Å². The van der Waals surface area contributed by atoms with E-state index in [4.69, 9.17) is 4.74 Å². The Balaban J connectivity index is 2.68. The molecule has 0 fully saturated rings. The van der Waals surface area contributed by atoms with Gasteiger partial charge in [-0.1, -0.05) is 13.8 Å². The van der Waals surface area contributed by atoms with Crippen LogP contribution >= 0.6 is 0 Å². The molecule has 0 amide bonds. The highest BCUT2D eigenvalue weighted by Crippen LogP contribution is 2.11. The number of aromatic nitrogens is 3. The Kier molecular flexibility index (Phi) is 7.64.